The van der Waals surface area contributed by atoms with E-state index in [1.807, 2.05) is 0 Å². The summed E-state index contributed by atoms with van der Waals surface area (Å²) in [5, 5.41) is 2.86. The van der Waals surface area contributed by atoms with Crippen molar-refractivity contribution in [1.29, 1.82) is 0 Å². The summed E-state index contributed by atoms with van der Waals surface area (Å²) in [7, 11) is -1.76. The molecule has 1 saturated carbocycles. The van der Waals surface area contributed by atoms with E-state index in [0.29, 0.717) is 12.4 Å². The molecule has 0 aromatic carbocycles. The van der Waals surface area contributed by atoms with E-state index in [1.54, 1.807) is 24.9 Å². The molecule has 0 saturated heterocycles. The minimum atomic E-state index is -3.48. The zero-order chi connectivity index (χ0) is 15.3. The van der Waals surface area contributed by atoms with E-state index in [9.17, 15) is 8.42 Å². The van der Waals surface area contributed by atoms with E-state index in [2.05, 4.69) is 21.3 Å². The van der Waals surface area contributed by atoms with Gasteiger partial charge in [-0.1, -0.05) is 19.3 Å². The van der Waals surface area contributed by atoms with Crippen LogP contribution < -0.4 is 10.0 Å². The molecule has 1 aromatic heterocycles. The summed E-state index contributed by atoms with van der Waals surface area (Å²) in [5.41, 5.74) is 0. The second-order valence-electron chi connectivity index (χ2n) is 5.40. The van der Waals surface area contributed by atoms with E-state index in [4.69, 9.17) is 0 Å². The zero-order valence-corrected chi connectivity index (χ0v) is 14.2. The SMILES string of the molecule is CNc1cc(S(=O)(=O)NCC2(SC)CCCCC2)ccn1. The normalized spacial score (nSPS) is 18.4. The Kier molecular flexibility index (Phi) is 5.51. The lowest BCUT2D eigenvalue weighted by molar-refractivity contribution is 0.395. The minimum absolute atomic E-state index is 0.0458. The Balaban J connectivity index is 2.09. The highest BCUT2D eigenvalue weighted by Gasteiger charge is 2.32. The first-order valence-corrected chi connectivity index (χ1v) is 9.91. The molecule has 0 spiro atoms. The maximum Gasteiger partial charge on any atom is 0.240 e. The van der Waals surface area contributed by atoms with Crippen molar-refractivity contribution in [3.05, 3.63) is 18.3 Å². The molecular formula is C14H23N3O2S2. The van der Waals surface area contributed by atoms with E-state index in [-0.39, 0.29) is 9.64 Å². The van der Waals surface area contributed by atoms with Crippen molar-refractivity contribution < 1.29 is 8.42 Å². The Morgan fingerprint density at radius 3 is 2.67 bits per heavy atom. The predicted molar refractivity (Wildman–Crippen MR) is 88.3 cm³/mol. The third-order valence-corrected chi connectivity index (χ3v) is 6.90. The molecule has 2 rings (SSSR count). The highest BCUT2D eigenvalue weighted by Crippen LogP contribution is 2.38. The van der Waals surface area contributed by atoms with Crippen LogP contribution in [0.5, 0.6) is 0 Å². The van der Waals surface area contributed by atoms with Crippen LogP contribution in [-0.2, 0) is 10.0 Å². The molecule has 1 aliphatic rings. The van der Waals surface area contributed by atoms with Gasteiger partial charge < -0.3 is 5.32 Å². The van der Waals surface area contributed by atoms with E-state index >= 15 is 0 Å². The number of nitrogens with zero attached hydrogens (tertiary/aromatic N) is 1. The fraction of sp³-hybridized carbons (Fsp3) is 0.643. The number of anilines is 1. The molecule has 1 aromatic rings. The Morgan fingerprint density at radius 2 is 2.05 bits per heavy atom. The first-order valence-electron chi connectivity index (χ1n) is 7.20. The van der Waals surface area contributed by atoms with Gasteiger partial charge in [0.25, 0.3) is 0 Å². The molecule has 7 heteroatoms. The molecule has 1 aliphatic carbocycles. The van der Waals surface area contributed by atoms with Crippen LogP contribution in [0, 0.1) is 0 Å². The van der Waals surface area contributed by atoms with E-state index in [0.717, 1.165) is 12.8 Å². The van der Waals surface area contributed by atoms with Gasteiger partial charge in [0.2, 0.25) is 10.0 Å². The maximum atomic E-state index is 12.4. The molecule has 5 nitrogen and oxygen atoms in total. The summed E-state index contributed by atoms with van der Waals surface area (Å²) in [5.74, 6) is 0.551. The number of aromatic nitrogens is 1. The fourth-order valence-electron chi connectivity index (χ4n) is 2.67. The van der Waals surface area contributed by atoms with Crippen molar-refractivity contribution in [2.24, 2.45) is 0 Å². The van der Waals surface area contributed by atoms with Crippen LogP contribution in [0.15, 0.2) is 23.2 Å². The van der Waals surface area contributed by atoms with E-state index in [1.165, 1.54) is 31.5 Å². The quantitative estimate of drug-likeness (QED) is 0.839. The summed E-state index contributed by atoms with van der Waals surface area (Å²) < 4.78 is 27.7. The van der Waals surface area contributed by atoms with Crippen LogP contribution in [0.3, 0.4) is 0 Å². The third-order valence-electron chi connectivity index (χ3n) is 4.08. The van der Waals surface area contributed by atoms with E-state index < -0.39 is 10.0 Å². The summed E-state index contributed by atoms with van der Waals surface area (Å²) in [6, 6.07) is 3.07. The van der Waals surface area contributed by atoms with Crippen LogP contribution in [0.25, 0.3) is 0 Å². The average Bonchev–Trinajstić information content (AvgIpc) is 2.54. The van der Waals surface area contributed by atoms with Crippen LogP contribution in [0.4, 0.5) is 5.82 Å². The van der Waals surface area contributed by atoms with Gasteiger partial charge in [0, 0.05) is 30.6 Å². The van der Waals surface area contributed by atoms with Crippen molar-refractivity contribution in [2.45, 2.75) is 41.7 Å². The number of nitrogens with one attached hydrogen (secondary N) is 2. The lowest BCUT2D eigenvalue weighted by Gasteiger charge is -2.35. The highest BCUT2D eigenvalue weighted by molar-refractivity contribution is 8.00. The number of hydrogen-bond donors (Lipinski definition) is 2. The topological polar surface area (TPSA) is 71.1 Å². The van der Waals surface area contributed by atoms with Crippen molar-refractivity contribution in [3.63, 3.8) is 0 Å². The molecule has 0 bridgehead atoms. The van der Waals surface area contributed by atoms with Crippen LogP contribution >= 0.6 is 11.8 Å². The molecular weight excluding hydrogens is 306 g/mol. The van der Waals surface area contributed by atoms with Gasteiger partial charge in [-0.2, -0.15) is 11.8 Å². The number of hydrogen-bond acceptors (Lipinski definition) is 5. The van der Waals surface area contributed by atoms with Gasteiger partial charge in [0.1, 0.15) is 5.82 Å². The Hall–Kier alpha value is -0.790. The smallest absolute Gasteiger partial charge is 0.240 e. The third kappa shape index (κ3) is 4.11. The van der Waals surface area contributed by atoms with Gasteiger partial charge in [0.15, 0.2) is 0 Å². The van der Waals surface area contributed by atoms with Gasteiger partial charge >= 0.3 is 0 Å². The predicted octanol–water partition coefficient (Wildman–Crippen LogP) is 2.47. The fourth-order valence-corrected chi connectivity index (χ4v) is 4.82. The Morgan fingerprint density at radius 1 is 1.33 bits per heavy atom. The monoisotopic (exact) mass is 329 g/mol. The van der Waals surface area contributed by atoms with Crippen molar-refractivity contribution in [2.75, 3.05) is 25.2 Å². The zero-order valence-electron chi connectivity index (χ0n) is 12.6. The number of thioether (sulfide) groups is 1. The van der Waals surface area contributed by atoms with Gasteiger partial charge in [-0.3, -0.25) is 0 Å². The molecule has 1 fully saturated rings. The number of rotatable bonds is 6. The molecule has 2 N–H and O–H groups in total. The molecule has 0 atom stereocenters. The van der Waals surface area contributed by atoms with Gasteiger partial charge in [0.05, 0.1) is 4.90 Å². The first kappa shape index (κ1) is 16.6. The minimum Gasteiger partial charge on any atom is -0.373 e. The van der Waals surface area contributed by atoms with Crippen LogP contribution in [0.2, 0.25) is 0 Å². The lowest BCUT2D eigenvalue weighted by atomic mass is 9.88. The van der Waals surface area contributed by atoms with Crippen LogP contribution in [0.1, 0.15) is 32.1 Å². The Bertz CT molecular complexity index is 569. The first-order chi connectivity index (χ1) is 10.0. The Labute approximate surface area is 131 Å². The summed E-state index contributed by atoms with van der Waals surface area (Å²) in [4.78, 5) is 4.30. The second kappa shape index (κ2) is 6.98. The van der Waals surface area contributed by atoms with Gasteiger partial charge in [-0.25, -0.2) is 18.1 Å². The van der Waals surface area contributed by atoms with Crippen LogP contribution in [-0.4, -0.2) is 38.0 Å². The molecule has 0 radical (unpaired) electrons. The number of sulfonamides is 1. The van der Waals surface area contributed by atoms with Crippen molar-refractivity contribution >= 4 is 27.6 Å². The average molecular weight is 329 g/mol. The summed E-state index contributed by atoms with van der Waals surface area (Å²) >= 11 is 1.79. The molecule has 0 aliphatic heterocycles. The molecule has 1 heterocycles. The molecule has 118 valence electrons. The van der Waals surface area contributed by atoms with Crippen molar-refractivity contribution in [1.82, 2.24) is 9.71 Å². The van der Waals surface area contributed by atoms with Crippen molar-refractivity contribution in [3.8, 4) is 0 Å². The summed E-state index contributed by atoms with van der Waals surface area (Å²) in [6.07, 6.45) is 9.36. The van der Waals surface area contributed by atoms with Gasteiger partial charge in [-0.15, -0.1) is 0 Å². The standard InChI is InChI=1S/C14H23N3O2S2/c1-15-13-10-12(6-9-16-13)21(18,19)17-11-14(20-2)7-4-3-5-8-14/h6,9-10,17H,3-5,7-8,11H2,1-2H3,(H,15,16). The second-order valence-corrected chi connectivity index (χ2v) is 8.44. The highest BCUT2D eigenvalue weighted by atomic mass is 32.2. The lowest BCUT2D eigenvalue weighted by Crippen LogP contribution is -2.41. The summed E-state index contributed by atoms with van der Waals surface area (Å²) in [6.45, 7) is 0.494. The largest absolute Gasteiger partial charge is 0.373 e. The molecule has 0 amide bonds. The molecule has 0 unspecified atom stereocenters. The number of pyridine rings is 1. The molecule has 21 heavy (non-hydrogen) atoms. The van der Waals surface area contributed by atoms with Gasteiger partial charge in [-0.05, 0) is 25.2 Å². The maximum absolute atomic E-state index is 12.4.